The van der Waals surface area contributed by atoms with Gasteiger partial charge in [-0.05, 0) is 37.1 Å². The van der Waals surface area contributed by atoms with E-state index in [0.29, 0.717) is 38.7 Å². The Morgan fingerprint density at radius 2 is 1.87 bits per heavy atom. The van der Waals surface area contributed by atoms with Crippen LogP contribution in [0.3, 0.4) is 0 Å². The van der Waals surface area contributed by atoms with Crippen molar-refractivity contribution >= 4 is 5.91 Å². The van der Waals surface area contributed by atoms with Crippen LogP contribution in [0.1, 0.15) is 28.8 Å². The minimum Gasteiger partial charge on any atom is -0.493 e. The van der Waals surface area contributed by atoms with Gasteiger partial charge in [0.15, 0.2) is 0 Å². The van der Waals surface area contributed by atoms with Crippen molar-refractivity contribution in [2.75, 3.05) is 32.9 Å². The van der Waals surface area contributed by atoms with E-state index in [1.54, 1.807) is 29.4 Å². The Hall–Kier alpha value is -2.61. The highest BCUT2D eigenvalue weighted by molar-refractivity contribution is 5.96. The Morgan fingerprint density at radius 1 is 1.17 bits per heavy atom. The van der Waals surface area contributed by atoms with Crippen molar-refractivity contribution in [2.45, 2.75) is 19.0 Å². The van der Waals surface area contributed by atoms with E-state index >= 15 is 0 Å². The number of alkyl halides is 3. The lowest BCUT2D eigenvalue weighted by Gasteiger charge is -2.37. The molecule has 2 aliphatic rings. The van der Waals surface area contributed by atoms with Gasteiger partial charge in [-0.1, -0.05) is 12.1 Å². The maximum Gasteiger partial charge on any atom is 0.417 e. The number of hydrogen-bond donors (Lipinski definition) is 0. The summed E-state index contributed by atoms with van der Waals surface area (Å²) in [6.45, 7) is 2.30. The van der Waals surface area contributed by atoms with Gasteiger partial charge in [0.25, 0.3) is 5.91 Å². The second-order valence-electron chi connectivity index (χ2n) is 7.89. The van der Waals surface area contributed by atoms with E-state index in [1.807, 2.05) is 0 Å². The van der Waals surface area contributed by atoms with Gasteiger partial charge in [0.05, 0.1) is 17.7 Å². The van der Waals surface area contributed by atoms with Crippen molar-refractivity contribution in [1.82, 2.24) is 9.88 Å². The molecule has 0 aliphatic carbocycles. The number of pyridine rings is 1. The molecule has 30 heavy (non-hydrogen) atoms. The van der Waals surface area contributed by atoms with Gasteiger partial charge in [0.2, 0.25) is 0 Å². The molecule has 0 radical (unpaired) electrons. The fourth-order valence-electron chi connectivity index (χ4n) is 4.48. The number of halogens is 3. The zero-order chi connectivity index (χ0) is 21.2. The van der Waals surface area contributed by atoms with Crippen molar-refractivity contribution in [1.29, 1.82) is 0 Å². The molecule has 1 unspecified atom stereocenters. The maximum absolute atomic E-state index is 13.4. The van der Waals surface area contributed by atoms with Crippen LogP contribution in [0.2, 0.25) is 0 Å². The lowest BCUT2D eigenvalue weighted by atomic mass is 9.72. The third-order valence-corrected chi connectivity index (χ3v) is 6.15. The smallest absolute Gasteiger partial charge is 0.417 e. The van der Waals surface area contributed by atoms with Crippen LogP contribution in [0.25, 0.3) is 0 Å². The Balaban J connectivity index is 1.56. The van der Waals surface area contributed by atoms with Gasteiger partial charge in [-0.2, -0.15) is 13.2 Å². The first-order chi connectivity index (χ1) is 14.4. The number of hydrogen-bond acceptors (Lipinski definition) is 4. The highest BCUT2D eigenvalue weighted by Gasteiger charge is 2.49. The second kappa shape index (κ2) is 8.26. The first-order valence-corrected chi connectivity index (χ1v) is 9.95. The summed E-state index contributed by atoms with van der Waals surface area (Å²) in [5, 5.41) is 0. The van der Waals surface area contributed by atoms with E-state index in [9.17, 15) is 18.0 Å². The van der Waals surface area contributed by atoms with E-state index in [0.717, 1.165) is 18.9 Å². The van der Waals surface area contributed by atoms with Crippen molar-refractivity contribution in [3.8, 4) is 5.75 Å². The fourth-order valence-corrected chi connectivity index (χ4v) is 4.48. The van der Waals surface area contributed by atoms with E-state index in [1.165, 1.54) is 18.2 Å². The molecule has 0 saturated carbocycles. The third kappa shape index (κ3) is 4.14. The molecule has 5 nitrogen and oxygen atoms in total. The molecule has 8 heteroatoms. The van der Waals surface area contributed by atoms with Gasteiger partial charge in [0.1, 0.15) is 5.75 Å². The van der Waals surface area contributed by atoms with Gasteiger partial charge in [-0.15, -0.1) is 0 Å². The molecule has 2 fully saturated rings. The zero-order valence-electron chi connectivity index (χ0n) is 16.4. The summed E-state index contributed by atoms with van der Waals surface area (Å²) in [7, 11) is 0. The lowest BCUT2D eigenvalue weighted by molar-refractivity contribution is -0.138. The van der Waals surface area contributed by atoms with Crippen molar-refractivity contribution < 1.29 is 27.4 Å². The molecule has 2 aliphatic heterocycles. The van der Waals surface area contributed by atoms with Crippen molar-refractivity contribution in [2.24, 2.45) is 11.3 Å². The Labute approximate surface area is 172 Å². The van der Waals surface area contributed by atoms with Crippen LogP contribution in [0.4, 0.5) is 13.2 Å². The first kappa shape index (κ1) is 20.7. The average Bonchev–Trinajstić information content (AvgIpc) is 3.10. The van der Waals surface area contributed by atoms with Gasteiger partial charge in [-0.3, -0.25) is 9.78 Å². The number of ether oxygens (including phenoxy) is 2. The van der Waals surface area contributed by atoms with Crippen LogP contribution < -0.4 is 4.74 Å². The Morgan fingerprint density at radius 3 is 2.57 bits per heavy atom. The highest BCUT2D eigenvalue weighted by atomic mass is 19.4. The molecule has 1 aromatic carbocycles. The molecule has 1 atom stereocenters. The van der Waals surface area contributed by atoms with E-state index in [-0.39, 0.29) is 16.9 Å². The summed E-state index contributed by atoms with van der Waals surface area (Å²) in [6, 6.07) is 8.49. The monoisotopic (exact) mass is 420 g/mol. The molecular formula is C22H23F3N2O3. The SMILES string of the molecule is O=C(c1ccccc1C(F)(F)F)N1CC(COc2ccncc2)C2(CCOCC2)C1. The van der Waals surface area contributed by atoms with Gasteiger partial charge < -0.3 is 14.4 Å². The van der Waals surface area contributed by atoms with E-state index < -0.39 is 17.6 Å². The summed E-state index contributed by atoms with van der Waals surface area (Å²) in [4.78, 5) is 18.6. The highest BCUT2D eigenvalue weighted by Crippen LogP contribution is 2.45. The number of nitrogens with zero attached hydrogens (tertiary/aromatic N) is 2. The largest absolute Gasteiger partial charge is 0.493 e. The van der Waals surface area contributed by atoms with Crippen LogP contribution >= 0.6 is 0 Å². The molecule has 2 saturated heterocycles. The van der Waals surface area contributed by atoms with E-state index in [4.69, 9.17) is 9.47 Å². The number of amides is 1. The normalized spacial score (nSPS) is 21.0. The number of carbonyl (C=O) groups excluding carboxylic acids is 1. The summed E-state index contributed by atoms with van der Waals surface area (Å²) in [5.74, 6) is 0.108. The standard InChI is InChI=1S/C22H23F3N2O3/c23-22(24,25)19-4-2-1-3-18(19)20(28)27-13-16(14-30-17-5-9-26-10-6-17)21(15-27)7-11-29-12-8-21/h1-6,9-10,16H,7-8,11-15H2. The van der Waals surface area contributed by atoms with Crippen LogP contribution in [0.5, 0.6) is 5.75 Å². The van der Waals surface area contributed by atoms with Crippen molar-refractivity contribution in [3.05, 3.63) is 59.9 Å². The Bertz CT molecular complexity index is 883. The van der Waals surface area contributed by atoms with Crippen LogP contribution in [-0.2, 0) is 10.9 Å². The molecule has 160 valence electrons. The minimum absolute atomic E-state index is 0.0107. The van der Waals surface area contributed by atoms with Crippen LogP contribution in [-0.4, -0.2) is 48.7 Å². The lowest BCUT2D eigenvalue weighted by Crippen LogP contribution is -2.39. The van der Waals surface area contributed by atoms with Gasteiger partial charge >= 0.3 is 6.18 Å². The molecular weight excluding hydrogens is 397 g/mol. The first-order valence-electron chi connectivity index (χ1n) is 9.95. The van der Waals surface area contributed by atoms with Gasteiger partial charge in [-0.25, -0.2) is 0 Å². The summed E-state index contributed by atoms with van der Waals surface area (Å²) < 4.78 is 51.7. The molecule has 1 spiro atoms. The number of aromatic nitrogens is 1. The number of benzene rings is 1. The summed E-state index contributed by atoms with van der Waals surface area (Å²) in [5.41, 5.74) is -1.41. The molecule has 0 N–H and O–H groups in total. The number of likely N-dealkylation sites (tertiary alicyclic amines) is 1. The number of carbonyl (C=O) groups is 1. The maximum atomic E-state index is 13.4. The molecule has 1 amide bonds. The molecule has 3 heterocycles. The zero-order valence-corrected chi connectivity index (χ0v) is 16.4. The van der Waals surface area contributed by atoms with Crippen LogP contribution in [0.15, 0.2) is 48.8 Å². The molecule has 2 aromatic rings. The van der Waals surface area contributed by atoms with E-state index in [2.05, 4.69) is 4.98 Å². The topological polar surface area (TPSA) is 51.7 Å². The second-order valence-corrected chi connectivity index (χ2v) is 7.89. The Kier molecular flexibility index (Phi) is 5.69. The third-order valence-electron chi connectivity index (χ3n) is 6.15. The summed E-state index contributed by atoms with van der Waals surface area (Å²) in [6.07, 6.45) is 0.201. The molecule has 4 rings (SSSR count). The average molecular weight is 420 g/mol. The van der Waals surface area contributed by atoms with Crippen LogP contribution in [0, 0.1) is 11.3 Å². The fraction of sp³-hybridized carbons (Fsp3) is 0.455. The predicted molar refractivity (Wildman–Crippen MR) is 103 cm³/mol. The predicted octanol–water partition coefficient (Wildman–Crippen LogP) is 4.05. The molecule has 1 aromatic heterocycles. The molecule has 0 bridgehead atoms. The minimum atomic E-state index is -4.58. The number of rotatable bonds is 4. The van der Waals surface area contributed by atoms with Crippen molar-refractivity contribution in [3.63, 3.8) is 0 Å². The quantitative estimate of drug-likeness (QED) is 0.749. The van der Waals surface area contributed by atoms with Gasteiger partial charge in [0, 0.05) is 50.0 Å². The summed E-state index contributed by atoms with van der Waals surface area (Å²) >= 11 is 0.